The number of alkyl halides is 6. The number of nitrogens with one attached hydrogen (secondary N) is 2. The maximum absolute atomic E-state index is 12.3. The third-order valence-electron chi connectivity index (χ3n) is 3.08. The van der Waals surface area contributed by atoms with Crippen LogP contribution in [0.5, 0.6) is 0 Å². The molecule has 2 aromatic rings. The summed E-state index contributed by atoms with van der Waals surface area (Å²) in [5.74, 6) is -4.71. The van der Waals surface area contributed by atoms with Crippen molar-refractivity contribution in [2.75, 3.05) is 7.05 Å². The number of halogens is 6. The first-order chi connectivity index (χ1) is 13.1. The fourth-order valence-corrected chi connectivity index (χ4v) is 2.76. The Balaban J connectivity index is 0.000000516. The molecule has 0 saturated heterocycles. The number of rotatable bonds is 4. The van der Waals surface area contributed by atoms with E-state index in [0.717, 1.165) is 11.8 Å². The quantitative estimate of drug-likeness (QED) is 0.569. The highest BCUT2D eigenvalue weighted by molar-refractivity contribution is 7.16. The van der Waals surface area contributed by atoms with Crippen molar-refractivity contribution in [1.82, 2.24) is 9.88 Å². The van der Waals surface area contributed by atoms with Crippen LogP contribution in [0.4, 0.5) is 26.3 Å². The summed E-state index contributed by atoms with van der Waals surface area (Å²) in [5.41, 5.74) is 0.894. The fourth-order valence-electron chi connectivity index (χ4n) is 1.80. The number of aromatic amines is 2. The van der Waals surface area contributed by atoms with Crippen molar-refractivity contribution in [3.05, 3.63) is 39.6 Å². The van der Waals surface area contributed by atoms with Crippen LogP contribution in [0.15, 0.2) is 18.3 Å². The standard InChI is InChI=1S/C13H12F3N3O2S.C2HF3O2/c1-7-5-17-10(18-7)6-19(2)12(21)9-4-3-8(22-9)11(20)13(14,15)16;3-2(4,5)1(6)7/h3-5H,6H2,1-2H3,(H,17,18);(H,6,7). The molecule has 0 atom stereocenters. The number of hydrogen-bond acceptors (Lipinski definition) is 5. The van der Waals surface area contributed by atoms with Crippen molar-refractivity contribution in [2.24, 2.45) is 0 Å². The first-order valence-electron chi connectivity index (χ1n) is 7.44. The van der Waals surface area contributed by atoms with Crippen molar-refractivity contribution < 1.29 is 50.8 Å². The van der Waals surface area contributed by atoms with Crippen LogP contribution in [0.1, 0.15) is 30.9 Å². The molecule has 7 nitrogen and oxygen atoms in total. The van der Waals surface area contributed by atoms with Gasteiger partial charge in [0.25, 0.3) is 17.5 Å². The molecule has 2 aromatic heterocycles. The van der Waals surface area contributed by atoms with Gasteiger partial charge in [-0.3, -0.25) is 9.59 Å². The highest BCUT2D eigenvalue weighted by Gasteiger charge is 2.40. The molecule has 2 rings (SSSR count). The van der Waals surface area contributed by atoms with Gasteiger partial charge in [0.15, 0.2) is 0 Å². The molecule has 1 amide bonds. The monoisotopic (exact) mass is 445 g/mol. The average molecular weight is 445 g/mol. The van der Waals surface area contributed by atoms with E-state index >= 15 is 0 Å². The zero-order valence-electron chi connectivity index (χ0n) is 14.7. The number of thiophene rings is 1. The number of carboxylic acids is 1. The Morgan fingerprint density at radius 3 is 2.03 bits per heavy atom. The zero-order valence-corrected chi connectivity index (χ0v) is 15.5. The molecule has 14 heteroatoms. The molecule has 0 aliphatic heterocycles. The molecule has 0 saturated carbocycles. The third-order valence-corrected chi connectivity index (χ3v) is 4.15. The van der Waals surface area contributed by atoms with Crippen LogP contribution >= 0.6 is 11.3 Å². The number of aromatic nitrogens is 2. The van der Waals surface area contributed by atoms with Crippen molar-refractivity contribution in [3.8, 4) is 0 Å². The Hall–Kier alpha value is -2.90. The van der Waals surface area contributed by atoms with Crippen LogP contribution in [-0.2, 0) is 11.3 Å². The Kier molecular flexibility index (Phi) is 7.55. The molecule has 0 unspecified atom stereocenters. The molecule has 2 heterocycles. The van der Waals surface area contributed by atoms with Gasteiger partial charge in [-0.2, -0.15) is 26.3 Å². The lowest BCUT2D eigenvalue weighted by Crippen LogP contribution is -2.37. The number of aliphatic carboxylic acids is 1. The van der Waals surface area contributed by atoms with Gasteiger partial charge in [-0.05, 0) is 12.1 Å². The minimum absolute atomic E-state index is 0.0818. The summed E-state index contributed by atoms with van der Waals surface area (Å²) in [6.45, 7) is 2.09. The number of ketones is 1. The van der Waals surface area contributed by atoms with Crippen LogP contribution in [-0.4, -0.2) is 46.9 Å². The molecule has 0 aliphatic carbocycles. The number of carbonyl (C=O) groups excluding carboxylic acids is 3. The second-order valence-corrected chi connectivity index (χ2v) is 6.60. The van der Waals surface area contributed by atoms with Gasteiger partial charge < -0.3 is 14.8 Å². The topological polar surface area (TPSA) is 107 Å². The van der Waals surface area contributed by atoms with E-state index in [1.165, 1.54) is 18.0 Å². The van der Waals surface area contributed by atoms with E-state index < -0.39 is 34.9 Å². The average Bonchev–Trinajstić information content (AvgIpc) is 3.21. The number of imidazole rings is 1. The summed E-state index contributed by atoms with van der Waals surface area (Å²) in [6.07, 6.45) is -8.40. The van der Waals surface area contributed by atoms with E-state index in [0.29, 0.717) is 17.2 Å². The summed E-state index contributed by atoms with van der Waals surface area (Å²) < 4.78 is 68.6. The lowest BCUT2D eigenvalue weighted by molar-refractivity contribution is -0.390. The van der Waals surface area contributed by atoms with E-state index in [9.17, 15) is 35.9 Å². The van der Waals surface area contributed by atoms with E-state index in [2.05, 4.69) is 9.97 Å². The number of nitrogens with zero attached hydrogens (tertiary/aromatic N) is 1. The lowest BCUT2D eigenvalue weighted by Gasteiger charge is -2.12. The normalized spacial score (nSPS) is 11.4. The number of carbonyl (C=O) groups is 3. The van der Waals surface area contributed by atoms with E-state index in [4.69, 9.17) is 9.90 Å². The van der Waals surface area contributed by atoms with E-state index in [1.807, 2.05) is 6.92 Å². The predicted octanol–water partition coefficient (Wildman–Crippen LogP) is 1.51. The van der Waals surface area contributed by atoms with Crippen LogP contribution in [0.2, 0.25) is 0 Å². The summed E-state index contributed by atoms with van der Waals surface area (Å²) in [6, 6.07) is 2.25. The molecule has 0 aromatic carbocycles. The van der Waals surface area contributed by atoms with Gasteiger partial charge in [0.1, 0.15) is 24.4 Å². The largest absolute Gasteiger partial charge is 0.542 e. The molecule has 0 bridgehead atoms. The van der Waals surface area contributed by atoms with Gasteiger partial charge >= 0.3 is 12.4 Å². The molecule has 0 radical (unpaired) electrons. The van der Waals surface area contributed by atoms with Gasteiger partial charge in [0, 0.05) is 14.0 Å². The second-order valence-electron chi connectivity index (χ2n) is 5.51. The SMILES string of the molecule is Cc1c[nH+]c(CN(C)C(=O)c2ccc(C(=O)C(F)(F)F)s2)[nH]1.O=C([O-])C(F)(F)F. The van der Waals surface area contributed by atoms with Crippen LogP contribution in [0, 0.1) is 6.92 Å². The Morgan fingerprint density at radius 1 is 1.10 bits per heavy atom. The summed E-state index contributed by atoms with van der Waals surface area (Å²) >= 11 is 0.539. The molecule has 29 heavy (non-hydrogen) atoms. The maximum Gasteiger partial charge on any atom is 0.455 e. The Bertz CT molecular complexity index is 887. The maximum atomic E-state index is 12.3. The summed E-state index contributed by atoms with van der Waals surface area (Å²) in [5, 5.41) is 8.78. The highest BCUT2D eigenvalue weighted by atomic mass is 32.1. The molecule has 160 valence electrons. The van der Waals surface area contributed by atoms with Gasteiger partial charge in [-0.1, -0.05) is 0 Å². The fraction of sp³-hybridized carbons (Fsp3) is 0.333. The van der Waals surface area contributed by atoms with Crippen molar-refractivity contribution in [3.63, 3.8) is 0 Å². The lowest BCUT2D eigenvalue weighted by atomic mass is 10.3. The van der Waals surface area contributed by atoms with Crippen LogP contribution < -0.4 is 10.1 Å². The van der Waals surface area contributed by atoms with Crippen molar-refractivity contribution >= 4 is 29.0 Å². The highest BCUT2D eigenvalue weighted by Crippen LogP contribution is 2.27. The second kappa shape index (κ2) is 9.07. The summed E-state index contributed by atoms with van der Waals surface area (Å²) in [4.78, 5) is 38.9. The summed E-state index contributed by atoms with van der Waals surface area (Å²) in [7, 11) is 1.53. The Morgan fingerprint density at radius 2 is 1.62 bits per heavy atom. The minimum Gasteiger partial charge on any atom is -0.542 e. The van der Waals surface area contributed by atoms with Crippen LogP contribution in [0.25, 0.3) is 0 Å². The zero-order chi connectivity index (χ0) is 22.6. The van der Waals surface area contributed by atoms with Gasteiger partial charge in [0.2, 0.25) is 0 Å². The molecular weight excluding hydrogens is 432 g/mol. The van der Waals surface area contributed by atoms with Crippen LogP contribution in [0.3, 0.4) is 0 Å². The third kappa shape index (κ3) is 7.21. The predicted molar refractivity (Wildman–Crippen MR) is 83.6 cm³/mol. The molecular formula is C15H13F6N3O4S. The van der Waals surface area contributed by atoms with Gasteiger partial charge in [0.05, 0.1) is 9.75 Å². The molecule has 2 N–H and O–H groups in total. The van der Waals surface area contributed by atoms with Gasteiger partial charge in [-0.15, -0.1) is 11.3 Å². The minimum atomic E-state index is -5.19. The first-order valence-corrected chi connectivity index (χ1v) is 8.25. The molecule has 0 spiro atoms. The van der Waals surface area contributed by atoms with Crippen molar-refractivity contribution in [2.45, 2.75) is 25.8 Å². The number of Topliss-reactive ketones (excluding diaryl/α,β-unsaturated/α-hetero) is 1. The number of hydrogen-bond donors (Lipinski definition) is 1. The van der Waals surface area contributed by atoms with Crippen molar-refractivity contribution in [1.29, 1.82) is 0 Å². The smallest absolute Gasteiger partial charge is 0.455 e. The Labute approximate surface area is 163 Å². The number of amides is 1. The molecule has 0 aliphatic rings. The number of aryl methyl sites for hydroxylation is 1. The van der Waals surface area contributed by atoms with Gasteiger partial charge in [-0.25, -0.2) is 9.97 Å². The van der Waals surface area contributed by atoms with E-state index in [1.54, 1.807) is 6.20 Å². The molecule has 0 fully saturated rings. The number of H-pyrrole nitrogens is 2. The number of carboxylic acid groups (broad SMARTS) is 1. The first kappa shape index (κ1) is 24.1. The van der Waals surface area contributed by atoms with E-state index in [-0.39, 0.29) is 11.4 Å².